The number of ether oxygens (including phenoxy) is 1. The van der Waals surface area contributed by atoms with Crippen LogP contribution in [0, 0.1) is 5.92 Å². The highest BCUT2D eigenvalue weighted by molar-refractivity contribution is 8.16. The van der Waals surface area contributed by atoms with Gasteiger partial charge < -0.3 is 15.0 Å². The van der Waals surface area contributed by atoms with Crippen LogP contribution in [-0.4, -0.2) is 35.6 Å². The molecule has 1 atom stereocenters. The quantitative estimate of drug-likeness (QED) is 0.679. The van der Waals surface area contributed by atoms with Crippen molar-refractivity contribution in [3.05, 3.63) is 57.2 Å². The van der Waals surface area contributed by atoms with Gasteiger partial charge in [-0.25, -0.2) is 9.79 Å². The summed E-state index contributed by atoms with van der Waals surface area (Å²) in [7, 11) is 1.35. The van der Waals surface area contributed by atoms with Crippen molar-refractivity contribution in [2.75, 3.05) is 13.7 Å². The maximum Gasteiger partial charge on any atom is 0.338 e. The molecule has 0 fully saturated rings. The van der Waals surface area contributed by atoms with E-state index in [4.69, 9.17) is 16.3 Å². The van der Waals surface area contributed by atoms with Gasteiger partial charge in [-0.05, 0) is 35.9 Å². The molecule has 1 N–H and O–H groups in total. The van der Waals surface area contributed by atoms with Gasteiger partial charge in [0, 0.05) is 17.3 Å². The summed E-state index contributed by atoms with van der Waals surface area (Å²) < 4.78 is 5.04. The highest BCUT2D eigenvalue weighted by Crippen LogP contribution is 2.45. The first-order valence-corrected chi connectivity index (χ1v) is 10.6. The lowest BCUT2D eigenvalue weighted by atomic mass is 9.94. The Bertz CT molecular complexity index is 924. The molecule has 0 bridgehead atoms. The smallest absolute Gasteiger partial charge is 0.338 e. The van der Waals surface area contributed by atoms with E-state index in [0.29, 0.717) is 28.8 Å². The Labute approximate surface area is 180 Å². The van der Waals surface area contributed by atoms with Crippen LogP contribution in [0.5, 0.6) is 0 Å². The number of aliphatic imine (C=N–C) groups is 1. The number of fused-ring (bicyclic) bond motifs is 1. The fraction of sp³-hybridized carbons (Fsp3) is 0.381. The standard InChI is InChI=1S/C21H24ClN3O3S/c1-12(2)10-23-17(26)9-16-11-29-21-24-13(3)18(20(27)28-4)19(25(16)21)14-6-5-7-15(22)8-14/h5-8,11-12,19H,9-10H2,1-4H3,(H,23,26). The zero-order valence-electron chi connectivity index (χ0n) is 16.9. The first-order valence-electron chi connectivity index (χ1n) is 9.36. The number of carbonyl (C=O) groups is 2. The summed E-state index contributed by atoms with van der Waals surface area (Å²) in [6.45, 7) is 6.50. The monoisotopic (exact) mass is 433 g/mol. The molecule has 1 aromatic rings. The lowest BCUT2D eigenvalue weighted by Gasteiger charge is -2.36. The van der Waals surface area contributed by atoms with Crippen molar-refractivity contribution in [3.8, 4) is 0 Å². The SMILES string of the molecule is COC(=O)C1=C(C)N=C2SC=C(CC(=O)NCC(C)C)N2C1c1cccc(Cl)c1. The van der Waals surface area contributed by atoms with Crippen LogP contribution in [0.25, 0.3) is 0 Å². The molecule has 29 heavy (non-hydrogen) atoms. The van der Waals surface area contributed by atoms with E-state index >= 15 is 0 Å². The van der Waals surface area contributed by atoms with Gasteiger partial charge in [-0.1, -0.05) is 49.3 Å². The zero-order valence-corrected chi connectivity index (χ0v) is 18.4. The van der Waals surface area contributed by atoms with Crippen molar-refractivity contribution in [1.29, 1.82) is 0 Å². The lowest BCUT2D eigenvalue weighted by Crippen LogP contribution is -2.38. The molecule has 1 unspecified atom stereocenters. The number of hydrogen-bond acceptors (Lipinski definition) is 6. The fourth-order valence-electron chi connectivity index (χ4n) is 3.28. The second kappa shape index (κ2) is 9.05. The maximum atomic E-state index is 12.6. The number of allylic oxidation sites excluding steroid dienone is 1. The van der Waals surface area contributed by atoms with Crippen molar-refractivity contribution in [2.45, 2.75) is 33.2 Å². The third-order valence-corrected chi connectivity index (χ3v) is 5.74. The molecule has 0 aromatic heterocycles. The predicted molar refractivity (Wildman–Crippen MR) is 116 cm³/mol. The van der Waals surface area contributed by atoms with Gasteiger partial charge in [0.25, 0.3) is 0 Å². The second-order valence-electron chi connectivity index (χ2n) is 7.31. The second-order valence-corrected chi connectivity index (χ2v) is 8.59. The molecule has 0 radical (unpaired) electrons. The molecule has 1 aromatic carbocycles. The number of amidine groups is 1. The van der Waals surface area contributed by atoms with E-state index in [9.17, 15) is 9.59 Å². The van der Waals surface area contributed by atoms with Crippen LogP contribution in [0.3, 0.4) is 0 Å². The summed E-state index contributed by atoms with van der Waals surface area (Å²) in [6.07, 6.45) is 0.198. The van der Waals surface area contributed by atoms with Crippen LogP contribution in [0.15, 0.2) is 51.6 Å². The van der Waals surface area contributed by atoms with Crippen LogP contribution in [-0.2, 0) is 14.3 Å². The van der Waals surface area contributed by atoms with Crippen LogP contribution in [0.4, 0.5) is 0 Å². The predicted octanol–water partition coefficient (Wildman–Crippen LogP) is 4.25. The number of benzene rings is 1. The molecule has 8 heteroatoms. The first kappa shape index (κ1) is 21.5. The van der Waals surface area contributed by atoms with E-state index < -0.39 is 12.0 Å². The van der Waals surface area contributed by atoms with E-state index in [1.54, 1.807) is 13.0 Å². The van der Waals surface area contributed by atoms with E-state index in [1.807, 2.05) is 42.4 Å². The average molecular weight is 434 g/mol. The normalized spacial score (nSPS) is 18.4. The number of thioether (sulfide) groups is 1. The number of halogens is 1. The molecule has 0 aliphatic carbocycles. The number of amides is 1. The minimum Gasteiger partial charge on any atom is -0.466 e. The lowest BCUT2D eigenvalue weighted by molar-refractivity contribution is -0.136. The van der Waals surface area contributed by atoms with E-state index in [1.165, 1.54) is 18.9 Å². The molecule has 6 nitrogen and oxygen atoms in total. The molecule has 3 rings (SSSR count). The Morgan fingerprint density at radius 2 is 2.14 bits per heavy atom. The van der Waals surface area contributed by atoms with Crippen LogP contribution in [0.1, 0.15) is 38.8 Å². The summed E-state index contributed by atoms with van der Waals surface area (Å²) >= 11 is 7.67. The molecule has 1 amide bonds. The fourth-order valence-corrected chi connectivity index (χ4v) is 4.44. The molecular weight excluding hydrogens is 410 g/mol. The number of methoxy groups -OCH3 is 1. The van der Waals surface area contributed by atoms with Crippen LogP contribution >= 0.6 is 23.4 Å². The van der Waals surface area contributed by atoms with Gasteiger partial charge >= 0.3 is 5.97 Å². The van der Waals surface area contributed by atoms with Gasteiger partial charge in [0.2, 0.25) is 5.91 Å². The summed E-state index contributed by atoms with van der Waals surface area (Å²) in [5.41, 5.74) is 2.66. The van der Waals surface area contributed by atoms with Gasteiger partial charge in [-0.3, -0.25) is 4.79 Å². The summed E-state index contributed by atoms with van der Waals surface area (Å²) in [5.74, 6) is -0.146. The third-order valence-electron chi connectivity index (χ3n) is 4.62. The Morgan fingerprint density at radius 3 is 2.79 bits per heavy atom. The maximum absolute atomic E-state index is 12.6. The molecular formula is C21H24ClN3O3S. The van der Waals surface area contributed by atoms with Gasteiger partial charge in [0.05, 0.1) is 30.8 Å². The van der Waals surface area contributed by atoms with E-state index in [-0.39, 0.29) is 12.3 Å². The molecule has 2 heterocycles. The topological polar surface area (TPSA) is 71.0 Å². The van der Waals surface area contributed by atoms with Gasteiger partial charge in [-0.2, -0.15) is 0 Å². The zero-order chi connectivity index (χ0) is 21.1. The Balaban J connectivity index is 1.98. The van der Waals surface area contributed by atoms with Crippen molar-refractivity contribution in [3.63, 3.8) is 0 Å². The van der Waals surface area contributed by atoms with Crippen molar-refractivity contribution < 1.29 is 14.3 Å². The minimum absolute atomic E-state index is 0.0671. The van der Waals surface area contributed by atoms with E-state index in [2.05, 4.69) is 10.3 Å². The average Bonchev–Trinajstić information content (AvgIpc) is 3.06. The third kappa shape index (κ3) is 4.67. The number of nitrogens with zero attached hydrogens (tertiary/aromatic N) is 2. The Kier molecular flexibility index (Phi) is 6.70. The summed E-state index contributed by atoms with van der Waals surface area (Å²) in [5, 5.41) is 6.16. The van der Waals surface area contributed by atoms with Crippen LogP contribution in [0.2, 0.25) is 5.02 Å². The molecule has 0 spiro atoms. The van der Waals surface area contributed by atoms with Crippen LogP contribution < -0.4 is 5.32 Å². The molecule has 154 valence electrons. The number of hydrogen-bond donors (Lipinski definition) is 1. The number of rotatable bonds is 6. The minimum atomic E-state index is -0.465. The summed E-state index contributed by atoms with van der Waals surface area (Å²) in [6, 6.07) is 6.90. The largest absolute Gasteiger partial charge is 0.466 e. The molecule has 2 aliphatic rings. The number of nitrogens with one attached hydrogen (secondary N) is 1. The molecule has 0 saturated heterocycles. The van der Waals surface area contributed by atoms with Crippen molar-refractivity contribution in [2.24, 2.45) is 10.9 Å². The number of carbonyl (C=O) groups excluding carboxylic acids is 2. The van der Waals surface area contributed by atoms with Crippen molar-refractivity contribution >= 4 is 40.4 Å². The highest BCUT2D eigenvalue weighted by Gasteiger charge is 2.41. The highest BCUT2D eigenvalue weighted by atomic mass is 35.5. The Hall–Kier alpha value is -2.25. The van der Waals surface area contributed by atoms with E-state index in [0.717, 1.165) is 16.4 Å². The Morgan fingerprint density at radius 1 is 1.38 bits per heavy atom. The van der Waals surface area contributed by atoms with Gasteiger partial charge in [0.1, 0.15) is 0 Å². The van der Waals surface area contributed by atoms with Gasteiger partial charge in [0.15, 0.2) is 5.17 Å². The van der Waals surface area contributed by atoms with Crippen molar-refractivity contribution in [1.82, 2.24) is 10.2 Å². The molecule has 2 aliphatic heterocycles. The first-order chi connectivity index (χ1) is 13.8. The molecule has 0 saturated carbocycles. The summed E-state index contributed by atoms with van der Waals surface area (Å²) in [4.78, 5) is 31.6. The number of esters is 1. The van der Waals surface area contributed by atoms with Gasteiger partial charge in [-0.15, -0.1) is 0 Å².